The Hall–Kier alpha value is -1.96. The van der Waals surface area contributed by atoms with Gasteiger partial charge in [-0.25, -0.2) is 4.79 Å². The molecule has 8 heteroatoms. The van der Waals surface area contributed by atoms with Crippen LogP contribution in [0.1, 0.15) is 16.3 Å². The summed E-state index contributed by atoms with van der Waals surface area (Å²) in [4.78, 5) is 10.6. The van der Waals surface area contributed by atoms with Crippen molar-refractivity contribution in [2.75, 3.05) is 5.73 Å². The van der Waals surface area contributed by atoms with Crippen LogP contribution in [0.15, 0.2) is 21.7 Å². The summed E-state index contributed by atoms with van der Waals surface area (Å²) in [5, 5.41) is 16.9. The Morgan fingerprint density at radius 3 is 2.88 bits per heavy atom. The number of rotatable bonds is 4. The number of hydrogen-bond donors (Lipinski definition) is 2. The second-order valence-corrected chi connectivity index (χ2v) is 4.20. The molecule has 0 radical (unpaired) electrons. The highest BCUT2D eigenvalue weighted by Crippen LogP contribution is 2.22. The molecule has 2 rings (SSSR count). The summed E-state index contributed by atoms with van der Waals surface area (Å²) in [6.45, 7) is 0. The Bertz CT molecular complexity index is 548. The van der Waals surface area contributed by atoms with Crippen LogP contribution in [0, 0.1) is 0 Å². The molecular weight excluding hydrogens is 244 g/mol. The average molecular weight is 254 g/mol. The zero-order chi connectivity index (χ0) is 12.4. The van der Waals surface area contributed by atoms with Gasteiger partial charge >= 0.3 is 5.97 Å². The zero-order valence-corrected chi connectivity index (χ0v) is 9.77. The van der Waals surface area contributed by atoms with Crippen molar-refractivity contribution in [1.29, 1.82) is 0 Å². The Morgan fingerprint density at radius 1 is 1.59 bits per heavy atom. The van der Waals surface area contributed by atoms with Gasteiger partial charge in [0, 0.05) is 7.05 Å². The van der Waals surface area contributed by atoms with E-state index in [0.717, 1.165) is 0 Å². The van der Waals surface area contributed by atoms with Gasteiger partial charge in [0.15, 0.2) is 5.16 Å². The third-order valence-corrected chi connectivity index (χ3v) is 3.13. The lowest BCUT2D eigenvalue weighted by atomic mass is 10.4. The first-order chi connectivity index (χ1) is 8.08. The largest absolute Gasteiger partial charge is 0.475 e. The second kappa shape index (κ2) is 4.50. The second-order valence-electron chi connectivity index (χ2n) is 3.26. The highest BCUT2D eigenvalue weighted by atomic mass is 32.2. The Morgan fingerprint density at radius 2 is 2.35 bits per heavy atom. The number of aromatic nitrogens is 3. The highest BCUT2D eigenvalue weighted by molar-refractivity contribution is 7.98. The molecule has 0 spiro atoms. The number of nitrogens with two attached hydrogens (primary N) is 1. The fourth-order valence-electron chi connectivity index (χ4n) is 1.16. The number of carboxylic acids is 1. The van der Waals surface area contributed by atoms with Crippen molar-refractivity contribution in [2.45, 2.75) is 10.9 Å². The molecular formula is C9H10N4O3S. The minimum absolute atomic E-state index is 0.0712. The van der Waals surface area contributed by atoms with E-state index in [-0.39, 0.29) is 5.76 Å². The number of nitrogen functional groups attached to an aromatic ring is 1. The molecule has 7 nitrogen and oxygen atoms in total. The highest BCUT2D eigenvalue weighted by Gasteiger charge is 2.11. The van der Waals surface area contributed by atoms with Crippen molar-refractivity contribution in [3.05, 3.63) is 23.7 Å². The molecule has 0 fully saturated rings. The summed E-state index contributed by atoms with van der Waals surface area (Å²) in [7, 11) is 1.75. The first-order valence-electron chi connectivity index (χ1n) is 4.67. The number of anilines is 1. The minimum atomic E-state index is -1.08. The molecule has 2 heterocycles. The van der Waals surface area contributed by atoms with Crippen LogP contribution < -0.4 is 5.73 Å². The third kappa shape index (κ3) is 2.41. The predicted octanol–water partition coefficient (Wildman–Crippen LogP) is 0.981. The summed E-state index contributed by atoms with van der Waals surface area (Å²) < 4.78 is 6.75. The average Bonchev–Trinajstić information content (AvgIpc) is 2.86. The maximum absolute atomic E-state index is 10.6. The molecule has 3 N–H and O–H groups in total. The molecule has 2 aromatic rings. The van der Waals surface area contributed by atoms with Crippen molar-refractivity contribution in [1.82, 2.24) is 14.8 Å². The lowest BCUT2D eigenvalue weighted by Gasteiger charge is -1.98. The van der Waals surface area contributed by atoms with Crippen LogP contribution in [0.3, 0.4) is 0 Å². The van der Waals surface area contributed by atoms with Crippen molar-refractivity contribution >= 4 is 23.7 Å². The SMILES string of the molecule is Cn1c(N)nnc1SCc1ccc(C(=O)O)o1. The lowest BCUT2D eigenvalue weighted by Crippen LogP contribution is -1.97. The number of thioether (sulfide) groups is 1. The molecule has 2 aromatic heterocycles. The van der Waals surface area contributed by atoms with Crippen LogP contribution in [0.5, 0.6) is 0 Å². The summed E-state index contributed by atoms with van der Waals surface area (Å²) in [6.07, 6.45) is 0. The van der Waals surface area contributed by atoms with Crippen LogP contribution in [0.2, 0.25) is 0 Å². The normalized spacial score (nSPS) is 10.6. The summed E-state index contributed by atoms with van der Waals surface area (Å²) in [5.41, 5.74) is 5.53. The molecule has 0 atom stereocenters. The molecule has 0 saturated carbocycles. The number of nitrogens with zero attached hydrogens (tertiary/aromatic N) is 3. The van der Waals surface area contributed by atoms with E-state index in [9.17, 15) is 4.79 Å². The van der Waals surface area contributed by atoms with Gasteiger partial charge in [0.1, 0.15) is 5.76 Å². The van der Waals surface area contributed by atoms with Gasteiger partial charge in [0.2, 0.25) is 11.7 Å². The summed E-state index contributed by atoms with van der Waals surface area (Å²) in [6, 6.07) is 3.04. The summed E-state index contributed by atoms with van der Waals surface area (Å²) in [5.74, 6) is 0.216. The number of aromatic carboxylic acids is 1. The lowest BCUT2D eigenvalue weighted by molar-refractivity contribution is 0.0661. The van der Waals surface area contributed by atoms with E-state index in [0.29, 0.717) is 22.6 Å². The quantitative estimate of drug-likeness (QED) is 0.783. The maximum Gasteiger partial charge on any atom is 0.371 e. The third-order valence-electron chi connectivity index (χ3n) is 2.08. The first kappa shape index (κ1) is 11.5. The van der Waals surface area contributed by atoms with E-state index in [1.165, 1.54) is 17.8 Å². The van der Waals surface area contributed by atoms with Crippen molar-refractivity contribution in [2.24, 2.45) is 7.05 Å². The van der Waals surface area contributed by atoms with Crippen LogP contribution >= 0.6 is 11.8 Å². The van der Waals surface area contributed by atoms with E-state index in [2.05, 4.69) is 10.2 Å². The summed E-state index contributed by atoms with van der Waals surface area (Å²) >= 11 is 1.37. The van der Waals surface area contributed by atoms with Gasteiger partial charge in [-0.1, -0.05) is 11.8 Å². The van der Waals surface area contributed by atoms with Gasteiger partial charge < -0.3 is 15.3 Å². The molecule has 0 bridgehead atoms. The molecule has 0 amide bonds. The van der Waals surface area contributed by atoms with Gasteiger partial charge in [-0.3, -0.25) is 4.57 Å². The van der Waals surface area contributed by atoms with E-state index in [1.807, 2.05) is 0 Å². The van der Waals surface area contributed by atoms with Crippen LogP contribution in [0.25, 0.3) is 0 Å². The van der Waals surface area contributed by atoms with Gasteiger partial charge in [-0.05, 0) is 12.1 Å². The first-order valence-corrected chi connectivity index (χ1v) is 5.66. The Labute approximate surface area is 101 Å². The smallest absolute Gasteiger partial charge is 0.371 e. The minimum Gasteiger partial charge on any atom is -0.475 e. The zero-order valence-electron chi connectivity index (χ0n) is 8.95. The maximum atomic E-state index is 10.6. The van der Waals surface area contributed by atoms with Gasteiger partial charge in [0.25, 0.3) is 0 Å². The topological polar surface area (TPSA) is 107 Å². The predicted molar refractivity (Wildman–Crippen MR) is 60.6 cm³/mol. The van der Waals surface area contributed by atoms with Gasteiger partial charge in [-0.2, -0.15) is 0 Å². The van der Waals surface area contributed by atoms with E-state index in [4.69, 9.17) is 15.3 Å². The molecule has 90 valence electrons. The van der Waals surface area contributed by atoms with Crippen LogP contribution in [-0.2, 0) is 12.8 Å². The molecule has 17 heavy (non-hydrogen) atoms. The van der Waals surface area contributed by atoms with Crippen LogP contribution in [0.4, 0.5) is 5.95 Å². The van der Waals surface area contributed by atoms with Crippen molar-refractivity contribution < 1.29 is 14.3 Å². The number of hydrogen-bond acceptors (Lipinski definition) is 6. The standard InChI is InChI=1S/C9H10N4O3S/c1-13-8(10)11-12-9(13)17-4-5-2-3-6(16-5)7(14)15/h2-3H,4H2,1H3,(H2,10,11)(H,14,15). The monoisotopic (exact) mass is 254 g/mol. The van der Waals surface area contributed by atoms with E-state index >= 15 is 0 Å². The molecule has 0 aromatic carbocycles. The van der Waals surface area contributed by atoms with Crippen molar-refractivity contribution in [3.63, 3.8) is 0 Å². The van der Waals surface area contributed by atoms with Crippen molar-refractivity contribution in [3.8, 4) is 0 Å². The molecule has 0 aliphatic rings. The molecule has 0 saturated heterocycles. The van der Waals surface area contributed by atoms with Gasteiger partial charge in [0.05, 0.1) is 5.75 Å². The Balaban J connectivity index is 2.02. The fourth-order valence-corrected chi connectivity index (χ4v) is 1.97. The molecule has 0 unspecified atom stereocenters. The number of carbonyl (C=O) groups is 1. The molecule has 0 aliphatic heterocycles. The van der Waals surface area contributed by atoms with Crippen LogP contribution in [-0.4, -0.2) is 25.8 Å². The molecule has 0 aliphatic carbocycles. The van der Waals surface area contributed by atoms with E-state index in [1.54, 1.807) is 17.7 Å². The number of carboxylic acid groups (broad SMARTS) is 1. The Kier molecular flexibility index (Phi) is 3.05. The van der Waals surface area contributed by atoms with Gasteiger partial charge in [-0.15, -0.1) is 10.2 Å². The van der Waals surface area contributed by atoms with E-state index < -0.39 is 5.97 Å². The fraction of sp³-hybridized carbons (Fsp3) is 0.222. The number of furan rings is 1.